The molecule has 1 unspecified atom stereocenters. The van der Waals surface area contributed by atoms with E-state index in [1.165, 1.54) is 21.6 Å². The summed E-state index contributed by atoms with van der Waals surface area (Å²) in [6, 6.07) is 18.2. The zero-order chi connectivity index (χ0) is 23.4. The fourth-order valence-corrected chi connectivity index (χ4v) is 5.44. The van der Waals surface area contributed by atoms with Crippen molar-refractivity contribution in [3.05, 3.63) is 92.7 Å². The summed E-state index contributed by atoms with van der Waals surface area (Å²) in [7, 11) is 0. The van der Waals surface area contributed by atoms with Crippen molar-refractivity contribution in [3.63, 3.8) is 0 Å². The molecule has 3 aromatic rings. The van der Waals surface area contributed by atoms with Gasteiger partial charge in [0.05, 0.1) is 6.04 Å². The van der Waals surface area contributed by atoms with Gasteiger partial charge in [-0.25, -0.2) is 0 Å². The van der Waals surface area contributed by atoms with Gasteiger partial charge in [-0.1, -0.05) is 55.8 Å². The molecular weight excluding hydrogens is 428 g/mol. The summed E-state index contributed by atoms with van der Waals surface area (Å²) in [6.07, 6.45) is 2.61. The Balaban J connectivity index is 1.58. The zero-order valence-corrected chi connectivity index (χ0v) is 20.5. The molecule has 0 saturated carbocycles. The van der Waals surface area contributed by atoms with E-state index in [-0.39, 0.29) is 24.4 Å². The van der Waals surface area contributed by atoms with Gasteiger partial charge in [-0.15, -0.1) is 11.3 Å². The van der Waals surface area contributed by atoms with Crippen LogP contribution >= 0.6 is 11.3 Å². The van der Waals surface area contributed by atoms with E-state index in [0.29, 0.717) is 18.7 Å². The molecule has 0 fully saturated rings. The normalized spacial score (nSPS) is 15.2. The Labute approximate surface area is 200 Å². The number of hydrogen-bond acceptors (Lipinski definition) is 3. The number of hydrogen-bond donors (Lipinski definition) is 0. The van der Waals surface area contributed by atoms with Crippen LogP contribution in [0.3, 0.4) is 0 Å². The third-order valence-corrected chi connectivity index (χ3v) is 7.39. The Hall–Kier alpha value is -2.92. The average molecular weight is 461 g/mol. The Morgan fingerprint density at radius 2 is 1.76 bits per heavy atom. The molecule has 0 aliphatic carbocycles. The van der Waals surface area contributed by atoms with Crippen molar-refractivity contribution in [3.8, 4) is 0 Å². The standard InChI is InChI=1S/C28H32N2O2S/c1-4-16-29(28(32)23-12-8-21(5-2)9-13-23)19-26(31)30-17-14-25-24(15-18-33-25)27(30)22-10-6-20(3)7-11-22/h6-13,15,18,27H,4-5,14,16-17,19H2,1-3H3. The van der Waals surface area contributed by atoms with Crippen molar-refractivity contribution < 1.29 is 9.59 Å². The molecule has 0 saturated heterocycles. The first-order chi connectivity index (χ1) is 16.0. The quantitative estimate of drug-likeness (QED) is 0.457. The molecule has 4 rings (SSSR count). The molecule has 5 heteroatoms. The van der Waals surface area contributed by atoms with Crippen molar-refractivity contribution >= 4 is 23.2 Å². The molecule has 4 nitrogen and oxygen atoms in total. The lowest BCUT2D eigenvalue weighted by Gasteiger charge is -2.37. The van der Waals surface area contributed by atoms with Crippen LogP contribution in [-0.4, -0.2) is 41.2 Å². The maximum absolute atomic E-state index is 13.6. The number of benzene rings is 2. The van der Waals surface area contributed by atoms with Crippen LogP contribution < -0.4 is 0 Å². The van der Waals surface area contributed by atoms with Gasteiger partial charge in [0.15, 0.2) is 0 Å². The average Bonchev–Trinajstić information content (AvgIpc) is 3.32. The van der Waals surface area contributed by atoms with E-state index in [2.05, 4.69) is 49.6 Å². The van der Waals surface area contributed by atoms with Crippen LogP contribution in [0, 0.1) is 6.92 Å². The number of fused-ring (bicyclic) bond motifs is 1. The van der Waals surface area contributed by atoms with E-state index >= 15 is 0 Å². The third kappa shape index (κ3) is 5.03. The first-order valence-electron chi connectivity index (χ1n) is 11.8. The van der Waals surface area contributed by atoms with Gasteiger partial charge in [0, 0.05) is 23.5 Å². The third-order valence-electron chi connectivity index (χ3n) is 6.40. The van der Waals surface area contributed by atoms with Gasteiger partial charge in [0.25, 0.3) is 5.91 Å². The molecule has 172 valence electrons. The highest BCUT2D eigenvalue weighted by molar-refractivity contribution is 7.10. The minimum atomic E-state index is -0.101. The van der Waals surface area contributed by atoms with E-state index in [1.54, 1.807) is 16.2 Å². The topological polar surface area (TPSA) is 40.6 Å². The van der Waals surface area contributed by atoms with Gasteiger partial charge >= 0.3 is 0 Å². The second kappa shape index (κ2) is 10.3. The Morgan fingerprint density at radius 1 is 1.03 bits per heavy atom. The number of aryl methyl sites for hydroxylation is 2. The van der Waals surface area contributed by atoms with Crippen LogP contribution in [0.1, 0.15) is 63.8 Å². The molecule has 0 spiro atoms. The summed E-state index contributed by atoms with van der Waals surface area (Å²) in [6.45, 7) is 7.55. The summed E-state index contributed by atoms with van der Waals surface area (Å²) in [5.41, 5.74) is 5.38. The van der Waals surface area contributed by atoms with Crippen LogP contribution in [-0.2, 0) is 17.6 Å². The Bertz CT molecular complexity index is 1100. The summed E-state index contributed by atoms with van der Waals surface area (Å²) < 4.78 is 0. The van der Waals surface area contributed by atoms with Crippen molar-refractivity contribution in [1.29, 1.82) is 0 Å². The molecule has 2 amide bonds. The number of carbonyl (C=O) groups excluding carboxylic acids is 2. The highest BCUT2D eigenvalue weighted by Crippen LogP contribution is 2.38. The van der Waals surface area contributed by atoms with E-state index in [4.69, 9.17) is 0 Å². The predicted molar refractivity (Wildman–Crippen MR) is 135 cm³/mol. The van der Waals surface area contributed by atoms with Crippen molar-refractivity contribution in [2.24, 2.45) is 0 Å². The van der Waals surface area contributed by atoms with Gasteiger partial charge in [-0.2, -0.15) is 0 Å². The van der Waals surface area contributed by atoms with E-state index in [0.717, 1.165) is 24.8 Å². The van der Waals surface area contributed by atoms with Gasteiger partial charge in [-0.3, -0.25) is 9.59 Å². The first-order valence-corrected chi connectivity index (χ1v) is 12.7. The monoisotopic (exact) mass is 460 g/mol. The van der Waals surface area contributed by atoms with E-state index < -0.39 is 0 Å². The lowest BCUT2D eigenvalue weighted by atomic mass is 9.92. The first kappa shape index (κ1) is 23.2. The maximum Gasteiger partial charge on any atom is 0.254 e. The summed E-state index contributed by atoms with van der Waals surface area (Å²) in [4.78, 5) is 31.9. The van der Waals surface area contributed by atoms with Gasteiger partial charge in [0.1, 0.15) is 6.54 Å². The summed E-state index contributed by atoms with van der Waals surface area (Å²) in [5, 5.41) is 2.12. The second-order valence-electron chi connectivity index (χ2n) is 8.73. The molecule has 0 N–H and O–H groups in total. The van der Waals surface area contributed by atoms with E-state index in [9.17, 15) is 9.59 Å². The fraction of sp³-hybridized carbons (Fsp3) is 0.357. The van der Waals surface area contributed by atoms with Crippen LogP contribution in [0.25, 0.3) is 0 Å². The molecule has 1 aromatic heterocycles. The fourth-order valence-electron chi connectivity index (χ4n) is 4.54. The predicted octanol–water partition coefficient (Wildman–Crippen LogP) is 5.65. The summed E-state index contributed by atoms with van der Waals surface area (Å²) >= 11 is 1.77. The van der Waals surface area contributed by atoms with Gasteiger partial charge in [-0.05, 0) is 66.5 Å². The minimum Gasteiger partial charge on any atom is -0.330 e. The zero-order valence-electron chi connectivity index (χ0n) is 19.7. The highest BCUT2D eigenvalue weighted by atomic mass is 32.1. The minimum absolute atomic E-state index is 0.00408. The smallest absolute Gasteiger partial charge is 0.254 e. The number of rotatable bonds is 7. The van der Waals surface area contributed by atoms with E-state index in [1.807, 2.05) is 36.1 Å². The van der Waals surface area contributed by atoms with Crippen LogP contribution in [0.4, 0.5) is 0 Å². The van der Waals surface area contributed by atoms with Crippen LogP contribution in [0.5, 0.6) is 0 Å². The largest absolute Gasteiger partial charge is 0.330 e. The molecule has 1 atom stereocenters. The lowest BCUT2D eigenvalue weighted by Crippen LogP contribution is -2.47. The highest BCUT2D eigenvalue weighted by Gasteiger charge is 2.34. The molecule has 33 heavy (non-hydrogen) atoms. The maximum atomic E-state index is 13.6. The summed E-state index contributed by atoms with van der Waals surface area (Å²) in [5.74, 6) is -0.0719. The molecule has 2 heterocycles. The SMILES string of the molecule is CCCN(CC(=O)N1CCc2sccc2C1c1ccc(C)cc1)C(=O)c1ccc(CC)cc1. The Morgan fingerprint density at radius 3 is 2.42 bits per heavy atom. The molecule has 2 aromatic carbocycles. The number of nitrogens with zero attached hydrogens (tertiary/aromatic N) is 2. The molecule has 1 aliphatic rings. The van der Waals surface area contributed by atoms with Crippen LogP contribution in [0.2, 0.25) is 0 Å². The molecule has 0 bridgehead atoms. The van der Waals surface area contributed by atoms with Crippen LogP contribution in [0.15, 0.2) is 60.0 Å². The van der Waals surface area contributed by atoms with Crippen molar-refractivity contribution in [2.45, 2.75) is 46.1 Å². The Kier molecular flexibility index (Phi) is 7.29. The lowest BCUT2D eigenvalue weighted by molar-refractivity contribution is -0.134. The van der Waals surface area contributed by atoms with Gasteiger partial charge < -0.3 is 9.80 Å². The molecule has 0 radical (unpaired) electrons. The number of thiophene rings is 1. The second-order valence-corrected chi connectivity index (χ2v) is 9.73. The molecule has 1 aliphatic heterocycles. The van der Waals surface area contributed by atoms with Crippen molar-refractivity contribution in [2.75, 3.05) is 19.6 Å². The molecular formula is C28H32N2O2S. The van der Waals surface area contributed by atoms with Crippen molar-refractivity contribution in [1.82, 2.24) is 9.80 Å². The number of amides is 2. The van der Waals surface area contributed by atoms with Gasteiger partial charge in [0.2, 0.25) is 5.91 Å². The number of carbonyl (C=O) groups is 2.